The second-order valence-corrected chi connectivity index (χ2v) is 5.18. The predicted octanol–water partition coefficient (Wildman–Crippen LogP) is 1.79. The zero-order valence-electron chi connectivity index (χ0n) is 12.2. The second kappa shape index (κ2) is 5.05. The maximum Gasteiger partial charge on any atom is 0.264 e. The number of anilines is 1. The van der Waals surface area contributed by atoms with Gasteiger partial charge in [0.15, 0.2) is 11.5 Å². The van der Waals surface area contributed by atoms with Gasteiger partial charge in [-0.1, -0.05) is 30.3 Å². The molecule has 0 saturated heterocycles. The van der Waals surface area contributed by atoms with E-state index in [2.05, 4.69) is 15.1 Å². The van der Waals surface area contributed by atoms with Crippen molar-refractivity contribution in [1.29, 1.82) is 0 Å². The quantitative estimate of drug-likeness (QED) is 0.796. The summed E-state index contributed by atoms with van der Waals surface area (Å²) in [5, 5.41) is 5.10. The number of aromatic amines is 1. The third kappa shape index (κ3) is 2.18. The van der Waals surface area contributed by atoms with Crippen LogP contribution in [-0.4, -0.2) is 33.8 Å². The van der Waals surface area contributed by atoms with Gasteiger partial charge < -0.3 is 9.88 Å². The Bertz CT molecular complexity index is 819. The summed E-state index contributed by atoms with van der Waals surface area (Å²) in [7, 11) is 3.73. The summed E-state index contributed by atoms with van der Waals surface area (Å²) >= 11 is 0. The van der Waals surface area contributed by atoms with Crippen molar-refractivity contribution in [3.63, 3.8) is 0 Å². The van der Waals surface area contributed by atoms with E-state index in [0.29, 0.717) is 16.9 Å². The van der Waals surface area contributed by atoms with E-state index in [0.717, 1.165) is 5.56 Å². The van der Waals surface area contributed by atoms with Crippen molar-refractivity contribution in [2.75, 3.05) is 19.0 Å². The Morgan fingerprint density at radius 3 is 2.62 bits per heavy atom. The molecule has 0 amide bonds. The number of nitrogens with one attached hydrogen (secondary N) is 1. The predicted molar refractivity (Wildman–Crippen MR) is 82.7 cm³/mol. The number of H-pyrrole nitrogens is 1. The topological polar surface area (TPSA) is 66.8 Å². The molecule has 6 nitrogen and oxygen atoms in total. The monoisotopic (exact) mass is 283 g/mol. The highest BCUT2D eigenvalue weighted by atomic mass is 16.1. The van der Waals surface area contributed by atoms with Crippen LogP contribution < -0.4 is 10.5 Å². The normalized spacial score (nSPS) is 12.5. The minimum atomic E-state index is -0.171. The molecule has 3 rings (SSSR count). The summed E-state index contributed by atoms with van der Waals surface area (Å²) in [6.45, 7) is 2.05. The van der Waals surface area contributed by atoms with Gasteiger partial charge >= 0.3 is 0 Å². The van der Waals surface area contributed by atoms with E-state index in [9.17, 15) is 4.79 Å². The fourth-order valence-electron chi connectivity index (χ4n) is 2.42. The molecule has 0 aliphatic heterocycles. The lowest BCUT2D eigenvalue weighted by Crippen LogP contribution is -2.14. The van der Waals surface area contributed by atoms with E-state index in [1.807, 2.05) is 56.3 Å². The van der Waals surface area contributed by atoms with Gasteiger partial charge in [-0.15, -0.1) is 0 Å². The van der Waals surface area contributed by atoms with Gasteiger partial charge in [0.05, 0.1) is 12.4 Å². The summed E-state index contributed by atoms with van der Waals surface area (Å²) in [4.78, 5) is 20.9. The number of nitrogens with zero attached hydrogens (tertiary/aromatic N) is 4. The number of fused-ring (bicyclic) bond motifs is 1. The van der Waals surface area contributed by atoms with Gasteiger partial charge in [0.1, 0.15) is 5.39 Å². The maximum absolute atomic E-state index is 12.1. The van der Waals surface area contributed by atoms with E-state index in [1.54, 1.807) is 4.68 Å². The first-order valence-corrected chi connectivity index (χ1v) is 6.77. The lowest BCUT2D eigenvalue weighted by molar-refractivity contribution is 0.578. The van der Waals surface area contributed by atoms with Gasteiger partial charge in [0.2, 0.25) is 0 Å². The van der Waals surface area contributed by atoms with Crippen LogP contribution in [0.5, 0.6) is 0 Å². The number of hydrogen-bond acceptors (Lipinski definition) is 4. The van der Waals surface area contributed by atoms with Crippen LogP contribution in [-0.2, 0) is 0 Å². The number of hydrogen-bond donors (Lipinski definition) is 1. The molecule has 2 aromatic heterocycles. The standard InChI is InChI=1S/C15H17N5O/c1-10(11-7-5-4-6-8-11)20-13-12(14(18-20)19(2)3)15(21)17-9-16-13/h4-10H,1-3H3,(H,16,17,21). The molecule has 108 valence electrons. The first-order valence-electron chi connectivity index (χ1n) is 6.77. The van der Waals surface area contributed by atoms with Crippen LogP contribution in [0.25, 0.3) is 11.0 Å². The highest BCUT2D eigenvalue weighted by Crippen LogP contribution is 2.25. The molecule has 0 bridgehead atoms. The molecular formula is C15H17N5O. The molecule has 1 aromatic carbocycles. The molecule has 0 aliphatic rings. The van der Waals surface area contributed by atoms with E-state index >= 15 is 0 Å². The summed E-state index contributed by atoms with van der Waals surface area (Å²) in [6.07, 6.45) is 1.42. The lowest BCUT2D eigenvalue weighted by atomic mass is 10.1. The van der Waals surface area contributed by atoms with Gasteiger partial charge in [0.25, 0.3) is 5.56 Å². The highest BCUT2D eigenvalue weighted by Gasteiger charge is 2.20. The van der Waals surface area contributed by atoms with Crippen molar-refractivity contribution in [2.45, 2.75) is 13.0 Å². The molecule has 0 saturated carbocycles. The Balaban J connectivity index is 2.24. The van der Waals surface area contributed by atoms with Crippen molar-refractivity contribution in [2.24, 2.45) is 0 Å². The van der Waals surface area contributed by atoms with Gasteiger partial charge in [-0.3, -0.25) is 4.79 Å². The zero-order chi connectivity index (χ0) is 15.0. The fourth-order valence-corrected chi connectivity index (χ4v) is 2.42. The first kappa shape index (κ1) is 13.4. The molecule has 0 aliphatic carbocycles. The van der Waals surface area contributed by atoms with Gasteiger partial charge in [-0.2, -0.15) is 5.10 Å². The molecule has 1 N–H and O–H groups in total. The molecule has 0 radical (unpaired) electrons. The van der Waals surface area contributed by atoms with Crippen LogP contribution in [0, 0.1) is 0 Å². The third-order valence-corrected chi connectivity index (χ3v) is 3.55. The minimum Gasteiger partial charge on any atom is -0.361 e. The fraction of sp³-hybridized carbons (Fsp3) is 0.267. The number of benzene rings is 1. The molecule has 3 aromatic rings. The lowest BCUT2D eigenvalue weighted by Gasteiger charge is -2.13. The van der Waals surface area contributed by atoms with E-state index in [1.165, 1.54) is 6.33 Å². The third-order valence-electron chi connectivity index (χ3n) is 3.55. The van der Waals surface area contributed by atoms with Crippen LogP contribution in [0.3, 0.4) is 0 Å². The number of aromatic nitrogens is 4. The van der Waals surface area contributed by atoms with Crippen molar-refractivity contribution >= 4 is 16.9 Å². The van der Waals surface area contributed by atoms with Crippen LogP contribution in [0.15, 0.2) is 41.5 Å². The Morgan fingerprint density at radius 1 is 1.24 bits per heavy atom. The van der Waals surface area contributed by atoms with Crippen molar-refractivity contribution in [1.82, 2.24) is 19.7 Å². The molecule has 1 unspecified atom stereocenters. The summed E-state index contributed by atoms with van der Waals surface area (Å²) in [5.74, 6) is 0.627. The van der Waals surface area contributed by atoms with E-state index in [-0.39, 0.29) is 11.6 Å². The average Bonchev–Trinajstić information content (AvgIpc) is 2.88. The Labute approximate surface area is 122 Å². The smallest absolute Gasteiger partial charge is 0.264 e. The molecule has 6 heteroatoms. The van der Waals surface area contributed by atoms with Crippen LogP contribution in [0.1, 0.15) is 18.5 Å². The Kier molecular flexibility index (Phi) is 3.21. The van der Waals surface area contributed by atoms with E-state index < -0.39 is 0 Å². The molecular weight excluding hydrogens is 266 g/mol. The zero-order valence-corrected chi connectivity index (χ0v) is 12.2. The minimum absolute atomic E-state index is 0.00306. The van der Waals surface area contributed by atoms with Crippen molar-refractivity contribution in [3.8, 4) is 0 Å². The molecule has 21 heavy (non-hydrogen) atoms. The Morgan fingerprint density at radius 2 is 1.95 bits per heavy atom. The average molecular weight is 283 g/mol. The SMILES string of the molecule is CC(c1ccccc1)n1nc(N(C)C)c2c(=O)[nH]cnc21. The van der Waals surface area contributed by atoms with Crippen LogP contribution in [0.2, 0.25) is 0 Å². The number of rotatable bonds is 3. The van der Waals surface area contributed by atoms with Crippen LogP contribution in [0.4, 0.5) is 5.82 Å². The van der Waals surface area contributed by atoms with Crippen molar-refractivity contribution < 1.29 is 0 Å². The molecule has 1 atom stereocenters. The highest BCUT2D eigenvalue weighted by molar-refractivity contribution is 5.87. The summed E-state index contributed by atoms with van der Waals surface area (Å²) in [6, 6.07) is 10.0. The molecule has 2 heterocycles. The second-order valence-electron chi connectivity index (χ2n) is 5.18. The van der Waals surface area contributed by atoms with Gasteiger partial charge in [-0.25, -0.2) is 9.67 Å². The van der Waals surface area contributed by atoms with Crippen molar-refractivity contribution in [3.05, 3.63) is 52.6 Å². The summed E-state index contributed by atoms with van der Waals surface area (Å²) in [5.41, 5.74) is 1.54. The molecule has 0 fully saturated rings. The largest absolute Gasteiger partial charge is 0.361 e. The van der Waals surface area contributed by atoms with Gasteiger partial charge in [0, 0.05) is 14.1 Å². The Hall–Kier alpha value is -2.63. The van der Waals surface area contributed by atoms with E-state index in [4.69, 9.17) is 0 Å². The van der Waals surface area contributed by atoms with Crippen LogP contribution >= 0.6 is 0 Å². The van der Waals surface area contributed by atoms with Gasteiger partial charge in [-0.05, 0) is 12.5 Å². The maximum atomic E-state index is 12.1. The molecule has 0 spiro atoms. The first-order chi connectivity index (χ1) is 10.1. The summed E-state index contributed by atoms with van der Waals surface area (Å²) < 4.78 is 1.80.